The summed E-state index contributed by atoms with van der Waals surface area (Å²) in [4.78, 5) is 17.9. The van der Waals surface area contributed by atoms with Crippen LogP contribution in [0.2, 0.25) is 5.02 Å². The van der Waals surface area contributed by atoms with Gasteiger partial charge in [0.05, 0.1) is 32.2 Å². The first-order valence-electron chi connectivity index (χ1n) is 8.88. The van der Waals surface area contributed by atoms with Crippen LogP contribution >= 0.6 is 23.1 Å². The molecular weight excluding hydrogens is 404 g/mol. The summed E-state index contributed by atoms with van der Waals surface area (Å²) < 4.78 is 4.98. The highest BCUT2D eigenvalue weighted by Crippen LogP contribution is 2.32. The maximum atomic E-state index is 13.2. The van der Waals surface area contributed by atoms with Crippen molar-refractivity contribution in [3.63, 3.8) is 0 Å². The number of rotatable bonds is 3. The molecule has 5 rings (SSSR count). The third kappa shape index (κ3) is 3.22. The quantitative estimate of drug-likeness (QED) is 0.403. The fraction of sp³-hybridized carbons (Fsp3) is 0. The summed E-state index contributed by atoms with van der Waals surface area (Å²) in [6.07, 6.45) is 0. The average molecular weight is 417 g/mol. The van der Waals surface area contributed by atoms with E-state index in [-0.39, 0.29) is 5.91 Å². The van der Waals surface area contributed by atoms with Gasteiger partial charge < -0.3 is 5.32 Å². The van der Waals surface area contributed by atoms with Crippen molar-refractivity contribution in [2.75, 3.05) is 5.32 Å². The van der Waals surface area contributed by atoms with Gasteiger partial charge in [-0.2, -0.15) is 0 Å². The summed E-state index contributed by atoms with van der Waals surface area (Å²) in [6, 6.07) is 22.4. The first-order valence-corrected chi connectivity index (χ1v) is 10.0. The molecule has 0 saturated heterocycles. The normalized spacial score (nSPS) is 11.1. The lowest BCUT2D eigenvalue weighted by molar-refractivity contribution is 0.102. The minimum absolute atomic E-state index is 0.243. The molecule has 0 aliphatic heterocycles. The smallest absolute Gasteiger partial charge is 0.256 e. The van der Waals surface area contributed by atoms with Gasteiger partial charge in [0.25, 0.3) is 5.91 Å². The van der Waals surface area contributed by atoms with E-state index in [4.69, 9.17) is 16.6 Å². The minimum Gasteiger partial charge on any atom is -0.321 e. The van der Waals surface area contributed by atoms with Crippen LogP contribution in [0.4, 0.5) is 5.69 Å². The fourth-order valence-electron chi connectivity index (χ4n) is 3.26. The third-order valence-electron chi connectivity index (χ3n) is 4.63. The van der Waals surface area contributed by atoms with E-state index in [0.29, 0.717) is 22.0 Å². The van der Waals surface area contributed by atoms with E-state index in [1.165, 1.54) is 11.5 Å². The number of nitrogens with one attached hydrogen (secondary N) is 1. The summed E-state index contributed by atoms with van der Waals surface area (Å²) in [6.45, 7) is 0. The molecule has 5 nitrogen and oxygen atoms in total. The van der Waals surface area contributed by atoms with Gasteiger partial charge >= 0.3 is 0 Å². The standard InChI is InChI=1S/C22H13ClN4OS/c23-16-8-2-4-10-18(16)25-22(28)15-12-20(24-17-9-3-1-6-13(15)17)14-7-5-11-19-21(14)29-27-26-19/h1-12H,(H,25,28). The Bertz CT molecular complexity index is 1380. The van der Waals surface area contributed by atoms with Gasteiger partial charge in [-0.15, -0.1) is 5.10 Å². The predicted molar refractivity (Wildman–Crippen MR) is 118 cm³/mol. The van der Waals surface area contributed by atoms with Crippen molar-refractivity contribution in [2.24, 2.45) is 0 Å². The molecule has 140 valence electrons. The largest absolute Gasteiger partial charge is 0.321 e. The number of hydrogen-bond donors (Lipinski definition) is 1. The van der Waals surface area contributed by atoms with Crippen LogP contribution in [0.1, 0.15) is 10.4 Å². The Morgan fingerprint density at radius 1 is 0.931 bits per heavy atom. The molecule has 0 aliphatic carbocycles. The Morgan fingerprint density at radius 3 is 2.62 bits per heavy atom. The van der Waals surface area contributed by atoms with Crippen molar-refractivity contribution in [3.8, 4) is 11.3 Å². The lowest BCUT2D eigenvalue weighted by Gasteiger charge is -2.11. The maximum Gasteiger partial charge on any atom is 0.256 e. The Morgan fingerprint density at radius 2 is 1.72 bits per heavy atom. The van der Waals surface area contributed by atoms with Gasteiger partial charge in [-0.1, -0.05) is 58.6 Å². The fourth-order valence-corrected chi connectivity index (χ4v) is 4.13. The molecular formula is C22H13ClN4OS. The number of nitrogens with zero attached hydrogens (tertiary/aromatic N) is 3. The molecule has 0 atom stereocenters. The molecule has 5 aromatic rings. The summed E-state index contributed by atoms with van der Waals surface area (Å²) in [5, 5.41) is 8.31. The van der Waals surface area contributed by atoms with E-state index in [2.05, 4.69) is 14.9 Å². The first kappa shape index (κ1) is 17.7. The van der Waals surface area contributed by atoms with Gasteiger partial charge in [0.2, 0.25) is 0 Å². The number of carbonyl (C=O) groups is 1. The monoisotopic (exact) mass is 416 g/mol. The summed E-state index contributed by atoms with van der Waals surface area (Å²) in [5.74, 6) is -0.243. The second-order valence-corrected chi connectivity index (χ2v) is 7.59. The highest BCUT2D eigenvalue weighted by atomic mass is 35.5. The van der Waals surface area contributed by atoms with Crippen LogP contribution in [0, 0.1) is 0 Å². The summed E-state index contributed by atoms with van der Waals surface area (Å²) in [7, 11) is 0. The third-order valence-corrected chi connectivity index (χ3v) is 5.74. The maximum absolute atomic E-state index is 13.2. The molecule has 29 heavy (non-hydrogen) atoms. The van der Waals surface area contributed by atoms with E-state index in [9.17, 15) is 4.79 Å². The summed E-state index contributed by atoms with van der Waals surface area (Å²) in [5.41, 5.74) is 4.24. The van der Waals surface area contributed by atoms with Crippen LogP contribution in [0.15, 0.2) is 72.8 Å². The number of halogens is 1. The first-order chi connectivity index (χ1) is 14.2. The Hall–Kier alpha value is -3.35. The molecule has 0 spiro atoms. The SMILES string of the molecule is O=C(Nc1ccccc1Cl)c1cc(-c2cccc3nnsc23)nc2ccccc12. The van der Waals surface area contributed by atoms with Crippen molar-refractivity contribution in [1.82, 2.24) is 14.6 Å². The molecule has 2 aromatic heterocycles. The van der Waals surface area contributed by atoms with Gasteiger partial charge in [0.15, 0.2) is 0 Å². The minimum atomic E-state index is -0.243. The number of benzene rings is 3. The second kappa shape index (κ2) is 7.24. The molecule has 7 heteroatoms. The van der Waals surface area contributed by atoms with E-state index < -0.39 is 0 Å². The zero-order valence-corrected chi connectivity index (χ0v) is 16.5. The van der Waals surface area contributed by atoms with Gasteiger partial charge in [0, 0.05) is 10.9 Å². The second-order valence-electron chi connectivity index (χ2n) is 6.43. The molecule has 1 N–H and O–H groups in total. The number of anilines is 1. The zero-order chi connectivity index (χ0) is 19.8. The van der Waals surface area contributed by atoms with Crippen molar-refractivity contribution in [2.45, 2.75) is 0 Å². The topological polar surface area (TPSA) is 67.8 Å². The molecule has 2 heterocycles. The molecule has 1 amide bonds. The van der Waals surface area contributed by atoms with Crippen LogP contribution in [0.5, 0.6) is 0 Å². The number of pyridine rings is 1. The number of hydrogen-bond acceptors (Lipinski definition) is 5. The highest BCUT2D eigenvalue weighted by Gasteiger charge is 2.17. The Balaban J connectivity index is 1.68. The lowest BCUT2D eigenvalue weighted by Crippen LogP contribution is -2.13. The van der Waals surface area contributed by atoms with Crippen molar-refractivity contribution in [1.29, 1.82) is 0 Å². The lowest BCUT2D eigenvalue weighted by atomic mass is 10.0. The number of para-hydroxylation sites is 2. The number of amides is 1. The van der Waals surface area contributed by atoms with Crippen molar-refractivity contribution >= 4 is 55.8 Å². The van der Waals surface area contributed by atoms with E-state index >= 15 is 0 Å². The van der Waals surface area contributed by atoms with Crippen LogP contribution in [-0.4, -0.2) is 20.5 Å². The number of fused-ring (bicyclic) bond motifs is 2. The van der Waals surface area contributed by atoms with Crippen LogP contribution in [0.3, 0.4) is 0 Å². The Kier molecular flexibility index (Phi) is 4.42. The van der Waals surface area contributed by atoms with Crippen molar-refractivity contribution < 1.29 is 4.79 Å². The average Bonchev–Trinajstić information content (AvgIpc) is 3.23. The van der Waals surface area contributed by atoms with Gasteiger partial charge in [-0.25, -0.2) is 4.98 Å². The molecule has 0 fully saturated rings. The molecule has 3 aromatic carbocycles. The van der Waals surface area contributed by atoms with Crippen molar-refractivity contribution in [3.05, 3.63) is 83.4 Å². The van der Waals surface area contributed by atoms with Gasteiger partial charge in [-0.3, -0.25) is 4.79 Å². The Labute approximate surface area is 175 Å². The van der Waals surface area contributed by atoms with Crippen LogP contribution < -0.4 is 5.32 Å². The highest BCUT2D eigenvalue weighted by molar-refractivity contribution is 7.13. The van der Waals surface area contributed by atoms with E-state index in [0.717, 1.165) is 26.7 Å². The van der Waals surface area contributed by atoms with Crippen LogP contribution in [0.25, 0.3) is 32.4 Å². The number of aromatic nitrogens is 3. The molecule has 0 radical (unpaired) electrons. The van der Waals surface area contributed by atoms with Crippen LogP contribution in [-0.2, 0) is 0 Å². The van der Waals surface area contributed by atoms with E-state index in [1.807, 2.05) is 60.7 Å². The molecule has 0 bridgehead atoms. The molecule has 0 aliphatic rings. The number of carbonyl (C=O) groups excluding carboxylic acids is 1. The zero-order valence-electron chi connectivity index (χ0n) is 15.0. The van der Waals surface area contributed by atoms with Gasteiger partial charge in [-0.05, 0) is 41.9 Å². The molecule has 0 unspecified atom stereocenters. The van der Waals surface area contributed by atoms with Gasteiger partial charge in [0.1, 0.15) is 5.52 Å². The predicted octanol–water partition coefficient (Wildman–Crippen LogP) is 5.81. The molecule has 0 saturated carbocycles. The van der Waals surface area contributed by atoms with E-state index in [1.54, 1.807) is 12.1 Å². The summed E-state index contributed by atoms with van der Waals surface area (Å²) >= 11 is 7.53.